The fourth-order valence-electron chi connectivity index (χ4n) is 2.59. The van der Waals surface area contributed by atoms with Crippen LogP contribution in [0.2, 0.25) is 0 Å². The van der Waals surface area contributed by atoms with Crippen LogP contribution in [0, 0.1) is 6.92 Å². The first kappa shape index (κ1) is 17.6. The van der Waals surface area contributed by atoms with Crippen LogP contribution >= 0.6 is 0 Å². The zero-order valence-corrected chi connectivity index (χ0v) is 14.7. The molecule has 3 rings (SSSR count). The number of aromatic nitrogens is 1. The Labute approximate surface area is 152 Å². The van der Waals surface area contributed by atoms with Crippen molar-refractivity contribution >= 4 is 22.8 Å². The van der Waals surface area contributed by atoms with Gasteiger partial charge in [-0.15, -0.1) is 0 Å². The monoisotopic (exact) mass is 348 g/mol. The Morgan fingerprint density at radius 2 is 1.81 bits per heavy atom. The average Bonchev–Trinajstić information content (AvgIpc) is 2.66. The van der Waals surface area contributed by atoms with Crippen molar-refractivity contribution in [3.05, 3.63) is 77.5 Å². The summed E-state index contributed by atoms with van der Waals surface area (Å²) in [7, 11) is 0. The van der Waals surface area contributed by atoms with Crippen molar-refractivity contribution < 1.29 is 14.3 Å². The van der Waals surface area contributed by atoms with Crippen LogP contribution in [-0.4, -0.2) is 23.0 Å². The Bertz CT molecular complexity index is 930. The summed E-state index contributed by atoms with van der Waals surface area (Å²) in [6.45, 7) is 3.95. The van der Waals surface area contributed by atoms with Gasteiger partial charge in [0.05, 0.1) is 11.1 Å². The van der Waals surface area contributed by atoms with Crippen LogP contribution in [-0.2, 0) is 16.1 Å². The SMILES string of the molecule is Cc1ccc(CNC(=O)[C@H](C)OC(=O)c2cccc3cccnc23)cc1. The first-order valence-corrected chi connectivity index (χ1v) is 8.42. The maximum absolute atomic E-state index is 12.4. The molecular weight excluding hydrogens is 328 g/mol. The van der Waals surface area contributed by atoms with Crippen molar-refractivity contribution in [1.82, 2.24) is 10.3 Å². The summed E-state index contributed by atoms with van der Waals surface area (Å²) in [5.74, 6) is -0.903. The van der Waals surface area contributed by atoms with Gasteiger partial charge in [-0.2, -0.15) is 0 Å². The Hall–Kier alpha value is -3.21. The van der Waals surface area contributed by atoms with Crippen LogP contribution in [0.25, 0.3) is 10.9 Å². The van der Waals surface area contributed by atoms with Gasteiger partial charge in [0.2, 0.25) is 0 Å². The number of pyridine rings is 1. The number of ether oxygens (including phenoxy) is 1. The van der Waals surface area contributed by atoms with E-state index in [1.54, 1.807) is 31.3 Å². The molecule has 1 heterocycles. The number of hydrogen-bond donors (Lipinski definition) is 1. The maximum Gasteiger partial charge on any atom is 0.341 e. The van der Waals surface area contributed by atoms with Gasteiger partial charge in [-0.3, -0.25) is 9.78 Å². The number of fused-ring (bicyclic) bond motifs is 1. The third-order valence-electron chi connectivity index (χ3n) is 4.09. The second-order valence-corrected chi connectivity index (χ2v) is 6.13. The number of carbonyl (C=O) groups is 2. The number of esters is 1. The third-order valence-corrected chi connectivity index (χ3v) is 4.09. The van der Waals surface area contributed by atoms with E-state index in [1.807, 2.05) is 43.3 Å². The van der Waals surface area contributed by atoms with E-state index in [2.05, 4.69) is 10.3 Å². The third kappa shape index (κ3) is 4.06. The number of benzene rings is 2. The fraction of sp³-hybridized carbons (Fsp3) is 0.190. The molecule has 26 heavy (non-hydrogen) atoms. The minimum Gasteiger partial charge on any atom is -0.449 e. The molecule has 0 saturated carbocycles. The molecule has 2 aromatic carbocycles. The van der Waals surface area contributed by atoms with Crippen LogP contribution in [0.5, 0.6) is 0 Å². The van der Waals surface area contributed by atoms with Crippen molar-refractivity contribution in [2.24, 2.45) is 0 Å². The summed E-state index contributed by atoms with van der Waals surface area (Å²) >= 11 is 0. The number of nitrogens with one attached hydrogen (secondary N) is 1. The van der Waals surface area contributed by atoms with Gasteiger partial charge in [0.25, 0.3) is 5.91 Å². The van der Waals surface area contributed by atoms with Gasteiger partial charge in [0.15, 0.2) is 6.10 Å². The molecule has 0 unspecified atom stereocenters. The molecule has 0 spiro atoms. The van der Waals surface area contributed by atoms with E-state index in [0.717, 1.165) is 16.5 Å². The molecule has 0 aliphatic rings. The summed E-state index contributed by atoms with van der Waals surface area (Å²) < 4.78 is 5.32. The highest BCUT2D eigenvalue weighted by Gasteiger charge is 2.20. The van der Waals surface area contributed by atoms with Gasteiger partial charge in [-0.25, -0.2) is 4.79 Å². The molecule has 1 amide bonds. The standard InChI is InChI=1S/C21H20N2O3/c1-14-8-10-16(11-9-14)13-23-20(24)15(2)26-21(25)18-7-3-5-17-6-4-12-22-19(17)18/h3-12,15H,13H2,1-2H3,(H,23,24)/t15-/m0/s1. The number of aryl methyl sites for hydroxylation is 1. The lowest BCUT2D eigenvalue weighted by molar-refractivity contribution is -0.129. The number of amides is 1. The maximum atomic E-state index is 12.4. The van der Waals surface area contributed by atoms with E-state index >= 15 is 0 Å². The number of para-hydroxylation sites is 1. The highest BCUT2D eigenvalue weighted by Crippen LogP contribution is 2.17. The smallest absolute Gasteiger partial charge is 0.341 e. The first-order valence-electron chi connectivity index (χ1n) is 8.42. The lowest BCUT2D eigenvalue weighted by Crippen LogP contribution is -2.35. The molecular formula is C21H20N2O3. The highest BCUT2D eigenvalue weighted by atomic mass is 16.5. The summed E-state index contributed by atoms with van der Waals surface area (Å²) in [4.78, 5) is 28.9. The van der Waals surface area contributed by atoms with Gasteiger partial charge < -0.3 is 10.1 Å². The van der Waals surface area contributed by atoms with Crippen molar-refractivity contribution in [1.29, 1.82) is 0 Å². The number of hydrogen-bond acceptors (Lipinski definition) is 4. The van der Waals surface area contributed by atoms with E-state index in [0.29, 0.717) is 17.6 Å². The molecule has 1 aromatic heterocycles. The molecule has 0 aliphatic heterocycles. The van der Waals surface area contributed by atoms with Crippen molar-refractivity contribution in [3.63, 3.8) is 0 Å². The predicted octanol–water partition coefficient (Wildman–Crippen LogP) is 3.40. The van der Waals surface area contributed by atoms with Crippen LogP contribution in [0.1, 0.15) is 28.4 Å². The lowest BCUT2D eigenvalue weighted by atomic mass is 10.1. The first-order chi connectivity index (χ1) is 12.5. The number of nitrogens with zero attached hydrogens (tertiary/aromatic N) is 1. The van der Waals surface area contributed by atoms with E-state index < -0.39 is 12.1 Å². The summed E-state index contributed by atoms with van der Waals surface area (Å²) in [5.41, 5.74) is 3.06. The van der Waals surface area contributed by atoms with Gasteiger partial charge >= 0.3 is 5.97 Å². The summed E-state index contributed by atoms with van der Waals surface area (Å²) in [6, 6.07) is 16.8. The fourth-order valence-corrected chi connectivity index (χ4v) is 2.59. The number of rotatable bonds is 5. The second-order valence-electron chi connectivity index (χ2n) is 6.13. The largest absolute Gasteiger partial charge is 0.449 e. The normalized spacial score (nSPS) is 11.8. The Balaban J connectivity index is 1.63. The zero-order valence-electron chi connectivity index (χ0n) is 14.7. The molecule has 0 radical (unpaired) electrons. The zero-order chi connectivity index (χ0) is 18.5. The van der Waals surface area contributed by atoms with Crippen LogP contribution in [0.3, 0.4) is 0 Å². The van der Waals surface area contributed by atoms with Gasteiger partial charge in [0, 0.05) is 18.1 Å². The lowest BCUT2D eigenvalue weighted by Gasteiger charge is -2.14. The second kappa shape index (κ2) is 7.78. The Morgan fingerprint density at radius 3 is 2.58 bits per heavy atom. The van der Waals surface area contributed by atoms with E-state index in [4.69, 9.17) is 4.74 Å². The molecule has 0 saturated heterocycles. The van der Waals surface area contributed by atoms with Crippen LogP contribution in [0.4, 0.5) is 0 Å². The molecule has 3 aromatic rings. The van der Waals surface area contributed by atoms with Crippen molar-refractivity contribution in [2.75, 3.05) is 0 Å². The molecule has 5 nitrogen and oxygen atoms in total. The Kier molecular flexibility index (Phi) is 5.27. The summed E-state index contributed by atoms with van der Waals surface area (Å²) in [6.07, 6.45) is 0.725. The van der Waals surface area contributed by atoms with Crippen LogP contribution in [0.15, 0.2) is 60.8 Å². The van der Waals surface area contributed by atoms with Gasteiger partial charge in [0.1, 0.15) is 0 Å². The van der Waals surface area contributed by atoms with E-state index in [1.165, 1.54) is 0 Å². The molecule has 132 valence electrons. The highest BCUT2D eigenvalue weighted by molar-refractivity contribution is 6.03. The van der Waals surface area contributed by atoms with Crippen molar-refractivity contribution in [3.8, 4) is 0 Å². The molecule has 1 atom stereocenters. The molecule has 0 fully saturated rings. The quantitative estimate of drug-likeness (QED) is 0.718. The van der Waals surface area contributed by atoms with Gasteiger partial charge in [-0.05, 0) is 31.5 Å². The average molecular weight is 348 g/mol. The predicted molar refractivity (Wildman–Crippen MR) is 99.6 cm³/mol. The molecule has 0 bridgehead atoms. The topological polar surface area (TPSA) is 68.3 Å². The molecule has 5 heteroatoms. The number of carbonyl (C=O) groups excluding carboxylic acids is 2. The Morgan fingerprint density at radius 1 is 1.08 bits per heavy atom. The molecule has 0 aliphatic carbocycles. The summed E-state index contributed by atoms with van der Waals surface area (Å²) in [5, 5.41) is 3.63. The minimum absolute atomic E-state index is 0.341. The van der Waals surface area contributed by atoms with Crippen molar-refractivity contribution in [2.45, 2.75) is 26.5 Å². The van der Waals surface area contributed by atoms with E-state index in [-0.39, 0.29) is 5.91 Å². The van der Waals surface area contributed by atoms with Crippen LogP contribution < -0.4 is 5.32 Å². The minimum atomic E-state index is -0.896. The van der Waals surface area contributed by atoms with E-state index in [9.17, 15) is 9.59 Å². The molecule has 1 N–H and O–H groups in total. The van der Waals surface area contributed by atoms with Gasteiger partial charge in [-0.1, -0.05) is 48.0 Å².